The Morgan fingerprint density at radius 1 is 1.12 bits per heavy atom. The van der Waals surface area contributed by atoms with E-state index in [-0.39, 0.29) is 18.4 Å². The van der Waals surface area contributed by atoms with E-state index in [2.05, 4.69) is 10.6 Å². The predicted molar refractivity (Wildman–Crippen MR) is 92.2 cm³/mol. The number of aryl methyl sites for hydroxylation is 1. The van der Waals surface area contributed by atoms with Crippen molar-refractivity contribution in [1.29, 1.82) is 0 Å². The lowest BCUT2D eigenvalue weighted by atomic mass is 10.2. The number of hydrogen-bond acceptors (Lipinski definition) is 3. The zero-order valence-corrected chi connectivity index (χ0v) is 13.5. The van der Waals surface area contributed by atoms with Gasteiger partial charge in [-0.3, -0.25) is 9.59 Å². The standard InChI is InChI=1S/C19H20N2O3/c1-13-5-9-17(10-6-13)24-12-18(22)20-16-4-2-3-14(11-16)19(23)21-15-7-8-15/h2-6,9-11,15H,7-8,12H2,1H3,(H,20,22)(H,21,23). The van der Waals surface area contributed by atoms with Crippen LogP contribution in [0.15, 0.2) is 48.5 Å². The number of amides is 2. The van der Waals surface area contributed by atoms with Crippen LogP contribution in [0.5, 0.6) is 5.75 Å². The lowest BCUT2D eigenvalue weighted by Crippen LogP contribution is -2.25. The van der Waals surface area contributed by atoms with Crippen molar-refractivity contribution in [3.05, 3.63) is 59.7 Å². The van der Waals surface area contributed by atoms with Crippen LogP contribution >= 0.6 is 0 Å². The SMILES string of the molecule is Cc1ccc(OCC(=O)Nc2cccc(C(=O)NC3CC3)c2)cc1. The smallest absolute Gasteiger partial charge is 0.262 e. The molecule has 0 aromatic heterocycles. The minimum Gasteiger partial charge on any atom is -0.484 e. The first-order valence-corrected chi connectivity index (χ1v) is 8.00. The molecule has 1 aliphatic carbocycles. The highest BCUT2D eigenvalue weighted by molar-refractivity contribution is 5.97. The Morgan fingerprint density at radius 2 is 1.88 bits per heavy atom. The third-order valence-electron chi connectivity index (χ3n) is 3.71. The highest BCUT2D eigenvalue weighted by atomic mass is 16.5. The zero-order chi connectivity index (χ0) is 16.9. The van der Waals surface area contributed by atoms with Crippen LogP contribution in [0, 0.1) is 6.92 Å². The fourth-order valence-corrected chi connectivity index (χ4v) is 2.22. The second-order valence-corrected chi connectivity index (χ2v) is 5.98. The van der Waals surface area contributed by atoms with Crippen LogP contribution in [0.1, 0.15) is 28.8 Å². The molecule has 0 bridgehead atoms. The molecule has 0 atom stereocenters. The maximum Gasteiger partial charge on any atom is 0.262 e. The van der Waals surface area contributed by atoms with Gasteiger partial charge in [-0.05, 0) is 50.1 Å². The van der Waals surface area contributed by atoms with Crippen LogP contribution in [0.3, 0.4) is 0 Å². The maximum atomic E-state index is 12.0. The number of ether oxygens (including phenoxy) is 1. The van der Waals surface area contributed by atoms with Gasteiger partial charge in [0.25, 0.3) is 11.8 Å². The third kappa shape index (κ3) is 4.59. The summed E-state index contributed by atoms with van der Waals surface area (Å²) in [5.41, 5.74) is 2.25. The molecule has 0 saturated heterocycles. The summed E-state index contributed by atoms with van der Waals surface area (Å²) in [7, 11) is 0. The Labute approximate surface area is 141 Å². The van der Waals surface area contributed by atoms with Gasteiger partial charge in [0.1, 0.15) is 5.75 Å². The van der Waals surface area contributed by atoms with Crippen molar-refractivity contribution in [2.45, 2.75) is 25.8 Å². The van der Waals surface area contributed by atoms with Gasteiger partial charge < -0.3 is 15.4 Å². The molecule has 0 radical (unpaired) electrons. The Hall–Kier alpha value is -2.82. The molecule has 0 aliphatic heterocycles. The molecular formula is C19H20N2O3. The Balaban J connectivity index is 1.53. The summed E-state index contributed by atoms with van der Waals surface area (Å²) < 4.78 is 5.44. The molecule has 2 aromatic carbocycles. The summed E-state index contributed by atoms with van der Waals surface area (Å²) in [6.45, 7) is 1.91. The van der Waals surface area contributed by atoms with Gasteiger partial charge in [-0.1, -0.05) is 23.8 Å². The van der Waals surface area contributed by atoms with Crippen molar-refractivity contribution in [1.82, 2.24) is 5.32 Å². The fourth-order valence-electron chi connectivity index (χ4n) is 2.22. The highest BCUT2D eigenvalue weighted by Crippen LogP contribution is 2.20. The van der Waals surface area contributed by atoms with E-state index in [1.165, 1.54) is 0 Å². The van der Waals surface area contributed by atoms with Gasteiger partial charge in [-0.15, -0.1) is 0 Å². The van der Waals surface area contributed by atoms with Crippen molar-refractivity contribution in [2.75, 3.05) is 11.9 Å². The molecule has 5 nitrogen and oxygen atoms in total. The zero-order valence-electron chi connectivity index (χ0n) is 13.5. The summed E-state index contributed by atoms with van der Waals surface area (Å²) in [6.07, 6.45) is 2.08. The van der Waals surface area contributed by atoms with Crippen molar-refractivity contribution in [2.24, 2.45) is 0 Å². The van der Waals surface area contributed by atoms with Gasteiger partial charge in [0, 0.05) is 17.3 Å². The average Bonchev–Trinajstić information content (AvgIpc) is 3.38. The lowest BCUT2D eigenvalue weighted by molar-refractivity contribution is -0.118. The number of carbonyl (C=O) groups is 2. The van der Waals surface area contributed by atoms with Crippen LogP contribution in [-0.2, 0) is 4.79 Å². The lowest BCUT2D eigenvalue weighted by Gasteiger charge is -2.09. The van der Waals surface area contributed by atoms with Crippen LogP contribution in [0.25, 0.3) is 0 Å². The maximum absolute atomic E-state index is 12.0. The van der Waals surface area contributed by atoms with E-state index in [1.54, 1.807) is 24.3 Å². The third-order valence-corrected chi connectivity index (χ3v) is 3.71. The van der Waals surface area contributed by atoms with Crippen LogP contribution < -0.4 is 15.4 Å². The Kier molecular flexibility index (Phi) is 4.79. The summed E-state index contributed by atoms with van der Waals surface area (Å²) >= 11 is 0. The molecule has 1 fully saturated rings. The summed E-state index contributed by atoms with van der Waals surface area (Å²) in [6, 6.07) is 14.7. The first-order chi connectivity index (χ1) is 11.6. The highest BCUT2D eigenvalue weighted by Gasteiger charge is 2.23. The van der Waals surface area contributed by atoms with Gasteiger partial charge in [0.05, 0.1) is 0 Å². The van der Waals surface area contributed by atoms with E-state index >= 15 is 0 Å². The molecule has 24 heavy (non-hydrogen) atoms. The molecule has 5 heteroatoms. The number of carbonyl (C=O) groups excluding carboxylic acids is 2. The number of anilines is 1. The van der Waals surface area contributed by atoms with Gasteiger partial charge >= 0.3 is 0 Å². The largest absolute Gasteiger partial charge is 0.484 e. The molecule has 1 saturated carbocycles. The van der Waals surface area contributed by atoms with E-state index in [4.69, 9.17) is 4.74 Å². The monoisotopic (exact) mass is 324 g/mol. The molecule has 2 amide bonds. The number of nitrogens with one attached hydrogen (secondary N) is 2. The second kappa shape index (κ2) is 7.17. The van der Waals surface area contributed by atoms with E-state index in [0.717, 1.165) is 18.4 Å². The summed E-state index contributed by atoms with van der Waals surface area (Å²) in [5, 5.41) is 5.67. The van der Waals surface area contributed by atoms with Crippen LogP contribution in [0.4, 0.5) is 5.69 Å². The summed E-state index contributed by atoms with van der Waals surface area (Å²) in [5.74, 6) is 0.271. The van der Waals surface area contributed by atoms with Crippen LogP contribution in [-0.4, -0.2) is 24.5 Å². The molecule has 2 aromatic rings. The minimum absolute atomic E-state index is 0.0818. The number of benzene rings is 2. The quantitative estimate of drug-likeness (QED) is 0.858. The van der Waals surface area contributed by atoms with Crippen LogP contribution in [0.2, 0.25) is 0 Å². The first kappa shape index (κ1) is 16.1. The Bertz CT molecular complexity index is 737. The average molecular weight is 324 g/mol. The van der Waals surface area contributed by atoms with Gasteiger partial charge in [0.15, 0.2) is 6.61 Å². The molecule has 0 unspecified atom stereocenters. The Morgan fingerprint density at radius 3 is 2.58 bits per heavy atom. The summed E-state index contributed by atoms with van der Waals surface area (Å²) in [4.78, 5) is 24.0. The minimum atomic E-state index is -0.268. The number of rotatable bonds is 6. The first-order valence-electron chi connectivity index (χ1n) is 8.00. The van der Waals surface area contributed by atoms with Crippen molar-refractivity contribution in [3.8, 4) is 5.75 Å². The second-order valence-electron chi connectivity index (χ2n) is 5.98. The van der Waals surface area contributed by atoms with E-state index < -0.39 is 0 Å². The molecule has 0 spiro atoms. The van der Waals surface area contributed by atoms with E-state index in [1.807, 2.05) is 31.2 Å². The molecule has 1 aliphatic rings. The van der Waals surface area contributed by atoms with Gasteiger partial charge in [-0.25, -0.2) is 0 Å². The van der Waals surface area contributed by atoms with Crippen molar-refractivity contribution >= 4 is 17.5 Å². The van der Waals surface area contributed by atoms with E-state index in [0.29, 0.717) is 23.0 Å². The molecule has 2 N–H and O–H groups in total. The van der Waals surface area contributed by atoms with Crippen molar-refractivity contribution in [3.63, 3.8) is 0 Å². The predicted octanol–water partition coefficient (Wildman–Crippen LogP) is 2.90. The normalized spacial score (nSPS) is 13.2. The topological polar surface area (TPSA) is 67.4 Å². The fraction of sp³-hybridized carbons (Fsp3) is 0.263. The van der Waals surface area contributed by atoms with Gasteiger partial charge in [-0.2, -0.15) is 0 Å². The molecule has 124 valence electrons. The van der Waals surface area contributed by atoms with E-state index in [9.17, 15) is 9.59 Å². The molecule has 3 rings (SSSR count). The molecular weight excluding hydrogens is 304 g/mol. The molecule has 0 heterocycles. The van der Waals surface area contributed by atoms with Gasteiger partial charge in [0.2, 0.25) is 0 Å². The van der Waals surface area contributed by atoms with Crippen molar-refractivity contribution < 1.29 is 14.3 Å². The number of hydrogen-bond donors (Lipinski definition) is 2.